The first-order chi connectivity index (χ1) is 8.58. The van der Waals surface area contributed by atoms with Crippen molar-refractivity contribution in [3.8, 4) is 0 Å². The molecule has 2 atom stereocenters. The fraction of sp³-hybridized carbons (Fsp3) is 0.625. The first-order valence-corrected chi connectivity index (χ1v) is 7.06. The van der Waals surface area contributed by atoms with Crippen molar-refractivity contribution in [2.75, 3.05) is 0 Å². The Balaban J connectivity index is 1.98. The van der Waals surface area contributed by atoms with Crippen molar-refractivity contribution in [2.45, 2.75) is 63.3 Å². The van der Waals surface area contributed by atoms with Gasteiger partial charge >= 0.3 is 0 Å². The molecule has 0 amide bonds. The summed E-state index contributed by atoms with van der Waals surface area (Å²) in [6.45, 7) is 4.38. The topological polar surface area (TPSA) is 29.5 Å². The van der Waals surface area contributed by atoms with Crippen LogP contribution in [0.3, 0.4) is 0 Å². The lowest BCUT2D eigenvalue weighted by atomic mass is 9.79. The van der Waals surface area contributed by atoms with E-state index < -0.39 is 5.60 Å². The number of hydrogen-bond donors (Lipinski definition) is 1. The van der Waals surface area contributed by atoms with Gasteiger partial charge in [-0.2, -0.15) is 0 Å². The van der Waals surface area contributed by atoms with Crippen LogP contribution < -0.4 is 0 Å². The number of fused-ring (bicyclic) bond motifs is 2. The summed E-state index contributed by atoms with van der Waals surface area (Å²) in [7, 11) is 0. The van der Waals surface area contributed by atoms with E-state index in [4.69, 9.17) is 4.74 Å². The van der Waals surface area contributed by atoms with Crippen molar-refractivity contribution < 1.29 is 9.84 Å². The summed E-state index contributed by atoms with van der Waals surface area (Å²) < 4.78 is 5.85. The molecule has 2 saturated heterocycles. The summed E-state index contributed by atoms with van der Waals surface area (Å²) in [6.07, 6.45) is 4.25. The van der Waals surface area contributed by atoms with Crippen molar-refractivity contribution >= 4 is 0 Å². The minimum Gasteiger partial charge on any atom is -0.385 e. The SMILES string of the molecule is CC(C)c1ccccc1C1(O)CC2CCC(C1)O2. The standard InChI is InChI=1S/C16H22O2/c1-11(2)14-5-3-4-6-15(14)16(17)9-12-7-8-13(10-16)18-12/h3-6,11-13,17H,7-10H2,1-2H3. The van der Waals surface area contributed by atoms with E-state index in [2.05, 4.69) is 32.0 Å². The average Bonchev–Trinajstić information content (AvgIpc) is 2.69. The molecule has 2 unspecified atom stereocenters. The summed E-state index contributed by atoms with van der Waals surface area (Å²) in [5.41, 5.74) is 1.73. The van der Waals surface area contributed by atoms with Crippen LogP contribution in [0.5, 0.6) is 0 Å². The van der Waals surface area contributed by atoms with Gasteiger partial charge in [-0.15, -0.1) is 0 Å². The van der Waals surface area contributed by atoms with Gasteiger partial charge in [0.25, 0.3) is 0 Å². The van der Waals surface area contributed by atoms with E-state index in [1.54, 1.807) is 0 Å². The van der Waals surface area contributed by atoms with E-state index in [1.807, 2.05) is 6.07 Å². The van der Waals surface area contributed by atoms with Crippen LogP contribution in [-0.4, -0.2) is 17.3 Å². The second-order valence-corrected chi connectivity index (χ2v) is 6.14. The molecule has 2 heterocycles. The van der Waals surface area contributed by atoms with Crippen LogP contribution in [0.4, 0.5) is 0 Å². The van der Waals surface area contributed by atoms with Crippen molar-refractivity contribution in [1.29, 1.82) is 0 Å². The third-order valence-electron chi connectivity index (χ3n) is 4.41. The third-order valence-corrected chi connectivity index (χ3v) is 4.41. The number of hydrogen-bond acceptors (Lipinski definition) is 2. The predicted octanol–water partition coefficient (Wildman–Crippen LogP) is 3.34. The molecule has 2 aliphatic rings. The maximum absolute atomic E-state index is 11.1. The van der Waals surface area contributed by atoms with Gasteiger partial charge in [-0.05, 0) is 29.9 Å². The molecule has 0 radical (unpaired) electrons. The van der Waals surface area contributed by atoms with Gasteiger partial charge in [-0.25, -0.2) is 0 Å². The van der Waals surface area contributed by atoms with Crippen molar-refractivity contribution in [1.82, 2.24) is 0 Å². The summed E-state index contributed by atoms with van der Waals surface area (Å²) in [5, 5.41) is 11.1. The minimum atomic E-state index is -0.676. The summed E-state index contributed by atoms with van der Waals surface area (Å²) in [6, 6.07) is 8.35. The number of aliphatic hydroxyl groups is 1. The third kappa shape index (κ3) is 1.98. The highest BCUT2D eigenvalue weighted by Crippen LogP contribution is 2.45. The van der Waals surface area contributed by atoms with Gasteiger partial charge in [-0.3, -0.25) is 0 Å². The summed E-state index contributed by atoms with van der Waals surface area (Å²) in [4.78, 5) is 0. The zero-order valence-electron chi connectivity index (χ0n) is 11.2. The van der Waals surface area contributed by atoms with Crippen molar-refractivity contribution in [3.63, 3.8) is 0 Å². The Kier molecular flexibility index (Phi) is 2.95. The van der Waals surface area contributed by atoms with Crippen LogP contribution in [0.25, 0.3) is 0 Å². The molecule has 98 valence electrons. The van der Waals surface area contributed by atoms with E-state index in [9.17, 15) is 5.11 Å². The molecule has 1 aromatic rings. The largest absolute Gasteiger partial charge is 0.385 e. The molecule has 0 spiro atoms. The fourth-order valence-electron chi connectivity index (χ4n) is 3.56. The number of ether oxygens (including phenoxy) is 1. The number of rotatable bonds is 2. The highest BCUT2D eigenvalue weighted by Gasteiger charge is 2.45. The zero-order valence-corrected chi connectivity index (χ0v) is 11.2. The zero-order chi connectivity index (χ0) is 12.8. The van der Waals surface area contributed by atoms with E-state index >= 15 is 0 Å². The Morgan fingerprint density at radius 2 is 1.78 bits per heavy atom. The van der Waals surface area contributed by atoms with E-state index in [1.165, 1.54) is 5.56 Å². The molecule has 3 rings (SSSR count). The lowest BCUT2D eigenvalue weighted by Gasteiger charge is -2.38. The Morgan fingerprint density at radius 3 is 2.39 bits per heavy atom. The van der Waals surface area contributed by atoms with Crippen molar-refractivity contribution in [3.05, 3.63) is 35.4 Å². The summed E-state index contributed by atoms with van der Waals surface area (Å²) >= 11 is 0. The van der Waals surface area contributed by atoms with E-state index in [0.29, 0.717) is 5.92 Å². The molecule has 2 fully saturated rings. The molecule has 0 saturated carbocycles. The lowest BCUT2D eigenvalue weighted by molar-refractivity contribution is -0.116. The molecular formula is C16H22O2. The second kappa shape index (κ2) is 4.36. The highest BCUT2D eigenvalue weighted by atomic mass is 16.5. The van der Waals surface area contributed by atoms with Gasteiger partial charge < -0.3 is 9.84 Å². The highest BCUT2D eigenvalue weighted by molar-refractivity contribution is 5.35. The van der Waals surface area contributed by atoms with Crippen LogP contribution >= 0.6 is 0 Å². The van der Waals surface area contributed by atoms with Crippen LogP contribution in [0.2, 0.25) is 0 Å². The molecular weight excluding hydrogens is 224 g/mol. The molecule has 2 nitrogen and oxygen atoms in total. The van der Waals surface area contributed by atoms with Crippen LogP contribution in [0.15, 0.2) is 24.3 Å². The molecule has 18 heavy (non-hydrogen) atoms. The molecule has 0 aromatic heterocycles. The van der Waals surface area contributed by atoms with Gasteiger partial charge in [0.2, 0.25) is 0 Å². The monoisotopic (exact) mass is 246 g/mol. The van der Waals surface area contributed by atoms with Crippen LogP contribution in [0, 0.1) is 0 Å². The maximum Gasteiger partial charge on any atom is 0.0948 e. The van der Waals surface area contributed by atoms with Gasteiger partial charge in [-0.1, -0.05) is 38.1 Å². The van der Waals surface area contributed by atoms with Crippen LogP contribution in [-0.2, 0) is 10.3 Å². The fourth-order valence-corrected chi connectivity index (χ4v) is 3.56. The summed E-state index contributed by atoms with van der Waals surface area (Å²) in [5.74, 6) is 0.450. The molecule has 1 N–H and O–H groups in total. The minimum absolute atomic E-state index is 0.258. The van der Waals surface area contributed by atoms with Gasteiger partial charge in [0.05, 0.1) is 17.8 Å². The quantitative estimate of drug-likeness (QED) is 0.867. The van der Waals surface area contributed by atoms with Gasteiger partial charge in [0.15, 0.2) is 0 Å². The molecule has 2 aliphatic heterocycles. The molecule has 0 aliphatic carbocycles. The Bertz CT molecular complexity index is 426. The Morgan fingerprint density at radius 1 is 1.17 bits per heavy atom. The second-order valence-electron chi connectivity index (χ2n) is 6.14. The molecule has 1 aromatic carbocycles. The van der Waals surface area contributed by atoms with Crippen LogP contribution in [0.1, 0.15) is 56.6 Å². The first-order valence-electron chi connectivity index (χ1n) is 7.06. The maximum atomic E-state index is 11.1. The molecule has 2 heteroatoms. The Labute approximate surface area is 109 Å². The molecule has 2 bridgehead atoms. The van der Waals surface area contributed by atoms with Gasteiger partial charge in [0.1, 0.15) is 0 Å². The van der Waals surface area contributed by atoms with E-state index in [-0.39, 0.29) is 12.2 Å². The average molecular weight is 246 g/mol. The van der Waals surface area contributed by atoms with E-state index in [0.717, 1.165) is 31.2 Å². The smallest absolute Gasteiger partial charge is 0.0948 e. The normalized spacial score (nSPS) is 35.1. The van der Waals surface area contributed by atoms with Gasteiger partial charge in [0, 0.05) is 12.8 Å². The first kappa shape index (κ1) is 12.2. The Hall–Kier alpha value is -0.860. The number of benzene rings is 1. The van der Waals surface area contributed by atoms with Crippen molar-refractivity contribution in [2.24, 2.45) is 0 Å². The predicted molar refractivity (Wildman–Crippen MR) is 71.6 cm³/mol. The lowest BCUT2D eigenvalue weighted by Crippen LogP contribution is -2.39.